The normalized spacial score (nSPS) is 12.1. The van der Waals surface area contributed by atoms with E-state index in [0.717, 1.165) is 19.3 Å². The fourth-order valence-corrected chi connectivity index (χ4v) is 4.81. The van der Waals surface area contributed by atoms with Crippen LogP contribution in [0.15, 0.2) is 24.8 Å². The molecule has 0 aromatic heterocycles. The van der Waals surface area contributed by atoms with Crippen molar-refractivity contribution in [2.45, 2.75) is 161 Å². The molecule has 0 rings (SSSR count). The second-order valence-electron chi connectivity index (χ2n) is 10.8. The zero-order valence-corrected chi connectivity index (χ0v) is 24.4. The van der Waals surface area contributed by atoms with Crippen molar-refractivity contribution in [3.63, 3.8) is 0 Å². The maximum Gasteiger partial charge on any atom is 0.309 e. The van der Waals surface area contributed by atoms with Crippen LogP contribution in [0.4, 0.5) is 0 Å². The number of carbonyl (C=O) groups is 2. The van der Waals surface area contributed by atoms with Crippen molar-refractivity contribution in [2.24, 2.45) is 5.92 Å². The molecule has 0 saturated heterocycles. The smallest absolute Gasteiger partial charge is 0.309 e. The summed E-state index contributed by atoms with van der Waals surface area (Å²) in [6.45, 7) is 5.92. The Kier molecular flexibility index (Phi) is 27.7. The van der Waals surface area contributed by atoms with Crippen molar-refractivity contribution < 1.29 is 19.4 Å². The zero-order valence-electron chi connectivity index (χ0n) is 24.4. The molecule has 0 saturated carbocycles. The highest BCUT2D eigenvalue weighted by Gasteiger charge is 2.22. The van der Waals surface area contributed by atoms with Gasteiger partial charge in [-0.25, -0.2) is 0 Å². The Morgan fingerprint density at radius 1 is 0.676 bits per heavy atom. The summed E-state index contributed by atoms with van der Waals surface area (Å²) in [5.41, 5.74) is 0. The summed E-state index contributed by atoms with van der Waals surface area (Å²) in [6.07, 6.45) is 35.6. The number of aliphatic carboxylic acids is 1. The molecule has 0 aliphatic rings. The summed E-state index contributed by atoms with van der Waals surface area (Å²) in [6, 6.07) is 0. The summed E-state index contributed by atoms with van der Waals surface area (Å²) in [5, 5.41) is 9.02. The Hall–Kier alpha value is -1.58. The third-order valence-corrected chi connectivity index (χ3v) is 7.16. The van der Waals surface area contributed by atoms with Gasteiger partial charge >= 0.3 is 11.9 Å². The van der Waals surface area contributed by atoms with Gasteiger partial charge in [-0.3, -0.25) is 9.59 Å². The van der Waals surface area contributed by atoms with E-state index < -0.39 is 17.9 Å². The number of carboxylic acids is 1. The lowest BCUT2D eigenvalue weighted by Gasteiger charge is -2.13. The molecule has 1 atom stereocenters. The van der Waals surface area contributed by atoms with Crippen LogP contribution < -0.4 is 0 Å². The Morgan fingerprint density at radius 2 is 1.08 bits per heavy atom. The molecule has 1 N–H and O–H groups in total. The number of carbonyl (C=O) groups excluding carboxylic acids is 1. The van der Waals surface area contributed by atoms with E-state index >= 15 is 0 Å². The topological polar surface area (TPSA) is 63.6 Å². The lowest BCUT2D eigenvalue weighted by molar-refractivity contribution is -0.152. The minimum absolute atomic E-state index is 0.145. The highest BCUT2D eigenvalue weighted by molar-refractivity contribution is 5.79. The summed E-state index contributed by atoms with van der Waals surface area (Å²) in [7, 11) is 0. The number of esters is 1. The fraction of sp³-hybridized carbons (Fsp3) is 0.818. The first kappa shape index (κ1) is 35.4. The Labute approximate surface area is 229 Å². The molecule has 4 heteroatoms. The molecular formula is C33H60O4. The van der Waals surface area contributed by atoms with Gasteiger partial charge in [0.2, 0.25) is 0 Å². The van der Waals surface area contributed by atoms with Crippen LogP contribution >= 0.6 is 0 Å². The van der Waals surface area contributed by atoms with Crippen LogP contribution in [0.1, 0.15) is 161 Å². The van der Waals surface area contributed by atoms with E-state index in [2.05, 4.69) is 25.7 Å². The SMILES string of the molecule is C=CCOC(=O)C(CCCCCCCCCCCCCCCCCCCC/C=C/CCCC)CC(=O)O. The van der Waals surface area contributed by atoms with Gasteiger partial charge in [0.05, 0.1) is 12.3 Å². The second-order valence-corrected chi connectivity index (χ2v) is 10.8. The van der Waals surface area contributed by atoms with E-state index in [1.807, 2.05) is 0 Å². The number of hydrogen-bond donors (Lipinski definition) is 1. The van der Waals surface area contributed by atoms with Crippen LogP contribution in [-0.2, 0) is 14.3 Å². The average molecular weight is 521 g/mol. The van der Waals surface area contributed by atoms with Crippen molar-refractivity contribution in [2.75, 3.05) is 6.61 Å². The van der Waals surface area contributed by atoms with Crippen molar-refractivity contribution in [3.05, 3.63) is 24.8 Å². The minimum Gasteiger partial charge on any atom is -0.481 e. The van der Waals surface area contributed by atoms with E-state index in [0.29, 0.717) is 6.42 Å². The molecule has 216 valence electrons. The number of allylic oxidation sites excluding steroid dienone is 2. The van der Waals surface area contributed by atoms with Crippen molar-refractivity contribution in [1.82, 2.24) is 0 Å². The highest BCUT2D eigenvalue weighted by Crippen LogP contribution is 2.18. The molecule has 4 nitrogen and oxygen atoms in total. The molecule has 0 radical (unpaired) electrons. The third kappa shape index (κ3) is 27.3. The molecule has 0 amide bonds. The van der Waals surface area contributed by atoms with Crippen LogP contribution in [-0.4, -0.2) is 23.7 Å². The molecule has 0 aromatic carbocycles. The van der Waals surface area contributed by atoms with Gasteiger partial charge in [-0.1, -0.05) is 154 Å². The minimum atomic E-state index is -0.942. The quantitative estimate of drug-likeness (QED) is 0.0605. The molecule has 0 aromatic rings. The Morgan fingerprint density at radius 3 is 1.49 bits per heavy atom. The summed E-state index contributed by atoms with van der Waals surface area (Å²) >= 11 is 0. The van der Waals surface area contributed by atoms with E-state index in [-0.39, 0.29) is 13.0 Å². The van der Waals surface area contributed by atoms with Gasteiger partial charge in [-0.2, -0.15) is 0 Å². The first-order valence-corrected chi connectivity index (χ1v) is 15.8. The average Bonchev–Trinajstić information content (AvgIpc) is 2.88. The standard InChI is InChI=1S/C33H60O4/c1-3-5-6-7-8-9-10-11-12-13-14-15-16-17-18-19-20-21-22-23-24-25-26-27-28-31(30-32(34)35)33(36)37-29-4-2/h4,7-8,31H,2-3,5-6,9-30H2,1H3,(H,34,35)/b8-7+. The Balaban J connectivity index is 3.35. The monoisotopic (exact) mass is 520 g/mol. The van der Waals surface area contributed by atoms with E-state index in [1.54, 1.807) is 0 Å². The fourth-order valence-electron chi connectivity index (χ4n) is 4.81. The van der Waals surface area contributed by atoms with E-state index in [4.69, 9.17) is 9.84 Å². The van der Waals surface area contributed by atoms with Crippen molar-refractivity contribution in [3.8, 4) is 0 Å². The van der Waals surface area contributed by atoms with Crippen LogP contribution in [0.2, 0.25) is 0 Å². The van der Waals surface area contributed by atoms with Gasteiger partial charge in [-0.15, -0.1) is 0 Å². The van der Waals surface area contributed by atoms with Gasteiger partial charge < -0.3 is 9.84 Å². The number of hydrogen-bond acceptors (Lipinski definition) is 3. The number of carboxylic acid groups (broad SMARTS) is 1. The Bertz CT molecular complexity index is 555. The maximum absolute atomic E-state index is 12.0. The first-order valence-electron chi connectivity index (χ1n) is 15.8. The van der Waals surface area contributed by atoms with Crippen molar-refractivity contribution >= 4 is 11.9 Å². The largest absolute Gasteiger partial charge is 0.481 e. The molecule has 1 unspecified atom stereocenters. The van der Waals surface area contributed by atoms with Gasteiger partial charge in [-0.05, 0) is 25.7 Å². The predicted molar refractivity (Wildman–Crippen MR) is 158 cm³/mol. The lowest BCUT2D eigenvalue weighted by atomic mass is 9.97. The molecule has 0 fully saturated rings. The van der Waals surface area contributed by atoms with Crippen LogP contribution in [0.3, 0.4) is 0 Å². The molecule has 0 aliphatic carbocycles. The number of unbranched alkanes of at least 4 members (excludes halogenated alkanes) is 20. The molecular weight excluding hydrogens is 460 g/mol. The summed E-state index contributed by atoms with van der Waals surface area (Å²) in [4.78, 5) is 23.0. The van der Waals surface area contributed by atoms with Crippen LogP contribution in [0, 0.1) is 5.92 Å². The molecule has 0 bridgehead atoms. The van der Waals surface area contributed by atoms with Crippen LogP contribution in [0.25, 0.3) is 0 Å². The summed E-state index contributed by atoms with van der Waals surface area (Å²) in [5.74, 6) is -1.88. The van der Waals surface area contributed by atoms with Crippen molar-refractivity contribution in [1.29, 1.82) is 0 Å². The summed E-state index contributed by atoms with van der Waals surface area (Å²) < 4.78 is 5.04. The van der Waals surface area contributed by atoms with Gasteiger partial charge in [0.25, 0.3) is 0 Å². The van der Waals surface area contributed by atoms with Gasteiger partial charge in [0, 0.05) is 0 Å². The second kappa shape index (κ2) is 29.0. The lowest BCUT2D eigenvalue weighted by Crippen LogP contribution is -2.21. The molecule has 0 aliphatic heterocycles. The number of ether oxygens (including phenoxy) is 1. The first-order chi connectivity index (χ1) is 18.1. The molecule has 0 heterocycles. The maximum atomic E-state index is 12.0. The molecule has 0 spiro atoms. The van der Waals surface area contributed by atoms with E-state index in [1.165, 1.54) is 128 Å². The van der Waals surface area contributed by atoms with E-state index in [9.17, 15) is 9.59 Å². The molecule has 37 heavy (non-hydrogen) atoms. The third-order valence-electron chi connectivity index (χ3n) is 7.16. The van der Waals surface area contributed by atoms with Gasteiger partial charge in [0.15, 0.2) is 0 Å². The van der Waals surface area contributed by atoms with Crippen LogP contribution in [0.5, 0.6) is 0 Å². The highest BCUT2D eigenvalue weighted by atomic mass is 16.5. The number of rotatable bonds is 29. The zero-order chi connectivity index (χ0) is 27.2. The van der Waals surface area contributed by atoms with Gasteiger partial charge in [0.1, 0.15) is 6.61 Å². The predicted octanol–water partition coefficient (Wildman–Crippen LogP) is 10.4.